The van der Waals surface area contributed by atoms with Gasteiger partial charge in [-0.25, -0.2) is 4.79 Å². The van der Waals surface area contributed by atoms with Crippen LogP contribution in [0.2, 0.25) is 0 Å². The zero-order valence-corrected chi connectivity index (χ0v) is 14.4. The monoisotopic (exact) mass is 343 g/mol. The van der Waals surface area contributed by atoms with E-state index in [0.29, 0.717) is 17.1 Å². The maximum Gasteiger partial charge on any atom is 0.333 e. The molecular formula is C19H21NO5. The third-order valence-corrected chi connectivity index (χ3v) is 3.69. The topological polar surface area (TPSA) is 73.9 Å². The van der Waals surface area contributed by atoms with Gasteiger partial charge in [-0.3, -0.25) is 4.79 Å². The number of benzene rings is 2. The molecule has 0 bridgehead atoms. The van der Waals surface area contributed by atoms with Crippen molar-refractivity contribution in [3.63, 3.8) is 0 Å². The second-order valence-corrected chi connectivity index (χ2v) is 5.30. The molecule has 0 saturated heterocycles. The third kappa shape index (κ3) is 4.73. The van der Waals surface area contributed by atoms with Crippen LogP contribution in [0.15, 0.2) is 48.5 Å². The van der Waals surface area contributed by atoms with E-state index in [1.54, 1.807) is 49.6 Å². The summed E-state index contributed by atoms with van der Waals surface area (Å²) in [4.78, 5) is 24.4. The fraction of sp³-hybridized carbons (Fsp3) is 0.263. The lowest BCUT2D eigenvalue weighted by atomic mass is 10.1. The van der Waals surface area contributed by atoms with Crippen LogP contribution in [0.1, 0.15) is 17.2 Å². The Morgan fingerprint density at radius 3 is 2.24 bits per heavy atom. The number of hydrogen-bond donors (Lipinski definition) is 1. The Morgan fingerprint density at radius 2 is 1.64 bits per heavy atom. The predicted octanol–water partition coefficient (Wildman–Crippen LogP) is 2.28. The quantitative estimate of drug-likeness (QED) is 0.781. The highest BCUT2D eigenvalue weighted by atomic mass is 16.5. The number of nitrogens with one attached hydrogen (secondary N) is 1. The van der Waals surface area contributed by atoms with Crippen LogP contribution in [0.4, 0.5) is 0 Å². The molecule has 0 fully saturated rings. The average Bonchev–Trinajstić information content (AvgIpc) is 2.66. The molecular weight excluding hydrogens is 322 g/mol. The van der Waals surface area contributed by atoms with Gasteiger partial charge in [-0.1, -0.05) is 36.4 Å². The van der Waals surface area contributed by atoms with Crippen LogP contribution in [-0.4, -0.2) is 33.2 Å². The number of carbonyl (C=O) groups excluding carboxylic acids is 2. The van der Waals surface area contributed by atoms with Gasteiger partial charge in [0.25, 0.3) is 0 Å². The number of rotatable bonds is 7. The highest BCUT2D eigenvalue weighted by molar-refractivity contribution is 5.86. The van der Waals surface area contributed by atoms with Crippen molar-refractivity contribution in [1.29, 1.82) is 0 Å². The van der Waals surface area contributed by atoms with Crippen molar-refractivity contribution in [2.75, 3.05) is 21.3 Å². The van der Waals surface area contributed by atoms with Gasteiger partial charge in [-0.05, 0) is 23.3 Å². The number of ether oxygens (including phenoxy) is 3. The molecule has 0 aliphatic heterocycles. The van der Waals surface area contributed by atoms with E-state index in [-0.39, 0.29) is 12.3 Å². The fourth-order valence-corrected chi connectivity index (χ4v) is 2.43. The van der Waals surface area contributed by atoms with Gasteiger partial charge in [0, 0.05) is 0 Å². The van der Waals surface area contributed by atoms with Crippen molar-refractivity contribution >= 4 is 11.9 Å². The second-order valence-electron chi connectivity index (χ2n) is 5.30. The van der Waals surface area contributed by atoms with Crippen LogP contribution in [-0.2, 0) is 20.7 Å². The first-order valence-electron chi connectivity index (χ1n) is 7.72. The molecule has 0 aliphatic carbocycles. The Hall–Kier alpha value is -3.02. The minimum absolute atomic E-state index is 0.0979. The lowest BCUT2D eigenvalue weighted by Gasteiger charge is -2.17. The summed E-state index contributed by atoms with van der Waals surface area (Å²) in [7, 11) is 4.37. The Labute approximate surface area is 146 Å². The highest BCUT2D eigenvalue weighted by Crippen LogP contribution is 2.27. The van der Waals surface area contributed by atoms with Crippen molar-refractivity contribution in [1.82, 2.24) is 5.32 Å². The number of amides is 1. The fourth-order valence-electron chi connectivity index (χ4n) is 2.43. The van der Waals surface area contributed by atoms with Crippen molar-refractivity contribution in [3.8, 4) is 11.5 Å². The minimum Gasteiger partial charge on any atom is -0.493 e. The smallest absolute Gasteiger partial charge is 0.333 e. The zero-order chi connectivity index (χ0) is 18.2. The summed E-state index contributed by atoms with van der Waals surface area (Å²) < 4.78 is 15.2. The number of hydrogen-bond acceptors (Lipinski definition) is 5. The lowest BCUT2D eigenvalue weighted by molar-refractivity contribution is -0.145. The standard InChI is InChI=1S/C19H21NO5/c1-23-15-10-9-13(11-16(15)24-2)12-17(21)20-18(19(22)25-3)14-7-5-4-6-8-14/h4-11,18H,12H2,1-3H3,(H,20,21)/t18-/m1/s1. The number of carbonyl (C=O) groups is 2. The molecule has 0 unspecified atom stereocenters. The molecule has 0 saturated carbocycles. The summed E-state index contributed by atoms with van der Waals surface area (Å²) in [6.45, 7) is 0. The molecule has 2 aromatic carbocycles. The number of methoxy groups -OCH3 is 3. The van der Waals surface area contributed by atoms with Gasteiger partial charge in [0.15, 0.2) is 17.5 Å². The largest absolute Gasteiger partial charge is 0.493 e. The van der Waals surface area contributed by atoms with Crippen molar-refractivity contribution < 1.29 is 23.8 Å². The summed E-state index contributed by atoms with van der Waals surface area (Å²) in [5, 5.41) is 2.71. The second kappa shape index (κ2) is 8.73. The summed E-state index contributed by atoms with van der Waals surface area (Å²) in [6, 6.07) is 13.3. The Kier molecular flexibility index (Phi) is 6.39. The first-order chi connectivity index (χ1) is 12.1. The van der Waals surface area contributed by atoms with Crippen LogP contribution in [0.25, 0.3) is 0 Å². The maximum absolute atomic E-state index is 12.4. The van der Waals surface area contributed by atoms with Crippen LogP contribution in [0, 0.1) is 0 Å². The zero-order valence-electron chi connectivity index (χ0n) is 14.4. The van der Waals surface area contributed by atoms with E-state index in [9.17, 15) is 9.59 Å². The summed E-state index contributed by atoms with van der Waals surface area (Å²) in [6.07, 6.45) is 0.0979. The molecule has 2 aromatic rings. The molecule has 0 aromatic heterocycles. The van der Waals surface area contributed by atoms with Gasteiger partial charge < -0.3 is 19.5 Å². The van der Waals surface area contributed by atoms with Gasteiger partial charge in [-0.2, -0.15) is 0 Å². The van der Waals surface area contributed by atoms with Gasteiger partial charge in [0.2, 0.25) is 5.91 Å². The van der Waals surface area contributed by atoms with Crippen molar-refractivity contribution in [3.05, 3.63) is 59.7 Å². The van der Waals surface area contributed by atoms with Gasteiger partial charge in [-0.15, -0.1) is 0 Å². The first kappa shape index (κ1) is 18.3. The molecule has 6 nitrogen and oxygen atoms in total. The summed E-state index contributed by atoms with van der Waals surface area (Å²) in [5.74, 6) is 0.307. The van der Waals surface area contributed by atoms with Crippen LogP contribution < -0.4 is 14.8 Å². The molecule has 1 amide bonds. The molecule has 1 N–H and O–H groups in total. The minimum atomic E-state index is -0.848. The van der Waals surface area contributed by atoms with Gasteiger partial charge in [0.05, 0.1) is 27.8 Å². The van der Waals surface area contributed by atoms with E-state index in [1.807, 2.05) is 6.07 Å². The molecule has 1 atom stereocenters. The Morgan fingerprint density at radius 1 is 0.960 bits per heavy atom. The number of esters is 1. The van der Waals surface area contributed by atoms with E-state index >= 15 is 0 Å². The van der Waals surface area contributed by atoms with E-state index < -0.39 is 12.0 Å². The SMILES string of the molecule is COC(=O)[C@H](NC(=O)Cc1ccc(OC)c(OC)c1)c1ccccc1. The molecule has 0 heterocycles. The molecule has 2 rings (SSSR count). The average molecular weight is 343 g/mol. The maximum atomic E-state index is 12.4. The third-order valence-electron chi connectivity index (χ3n) is 3.69. The van der Waals surface area contributed by atoms with Gasteiger partial charge in [0.1, 0.15) is 0 Å². The van der Waals surface area contributed by atoms with E-state index in [0.717, 1.165) is 5.56 Å². The first-order valence-corrected chi connectivity index (χ1v) is 7.72. The predicted molar refractivity (Wildman–Crippen MR) is 92.6 cm³/mol. The molecule has 25 heavy (non-hydrogen) atoms. The molecule has 6 heteroatoms. The molecule has 0 radical (unpaired) electrons. The van der Waals surface area contributed by atoms with Crippen LogP contribution >= 0.6 is 0 Å². The van der Waals surface area contributed by atoms with E-state index in [2.05, 4.69) is 5.32 Å². The van der Waals surface area contributed by atoms with Crippen molar-refractivity contribution in [2.45, 2.75) is 12.5 Å². The Balaban J connectivity index is 2.13. The van der Waals surface area contributed by atoms with E-state index in [4.69, 9.17) is 14.2 Å². The van der Waals surface area contributed by atoms with Gasteiger partial charge >= 0.3 is 5.97 Å². The molecule has 0 spiro atoms. The molecule has 0 aliphatic rings. The highest BCUT2D eigenvalue weighted by Gasteiger charge is 2.23. The van der Waals surface area contributed by atoms with Crippen LogP contribution in [0.3, 0.4) is 0 Å². The lowest BCUT2D eigenvalue weighted by Crippen LogP contribution is -2.35. The van der Waals surface area contributed by atoms with E-state index in [1.165, 1.54) is 14.2 Å². The summed E-state index contributed by atoms with van der Waals surface area (Å²) >= 11 is 0. The Bertz CT molecular complexity index is 730. The summed E-state index contributed by atoms with van der Waals surface area (Å²) in [5.41, 5.74) is 1.40. The molecule has 132 valence electrons. The van der Waals surface area contributed by atoms with Crippen LogP contribution in [0.5, 0.6) is 11.5 Å². The normalized spacial score (nSPS) is 11.3. The van der Waals surface area contributed by atoms with Crippen molar-refractivity contribution in [2.24, 2.45) is 0 Å².